The lowest BCUT2D eigenvalue weighted by atomic mass is 9.98. The van der Waals surface area contributed by atoms with Gasteiger partial charge in [0.1, 0.15) is 18.8 Å². The fourth-order valence-electron chi connectivity index (χ4n) is 3.21. The Balaban J connectivity index is 2.00. The van der Waals surface area contributed by atoms with E-state index in [1.165, 1.54) is 0 Å². The summed E-state index contributed by atoms with van der Waals surface area (Å²) in [7, 11) is 0. The first-order valence-corrected chi connectivity index (χ1v) is 11.3. The standard InChI is InChI=1S/C24H33N3O7/c1-16(14-28)26-21(29)12-19-10-6-7-11-20(23(31)34-17(2)13-25-22(19)30)27-24(32)33-15-18-8-4-3-5-9-18/h3-9,16-17,19-20,28H,10-15H2,1-2H3,(H,25,30)(H,26,29)(H,27,32)/t16-,17-,19+,20+/m0/s1. The van der Waals surface area contributed by atoms with E-state index < -0.39 is 36.2 Å². The first-order chi connectivity index (χ1) is 16.3. The fraction of sp³-hybridized carbons (Fsp3) is 0.500. The molecule has 0 bridgehead atoms. The van der Waals surface area contributed by atoms with E-state index in [1.54, 1.807) is 26.0 Å². The van der Waals surface area contributed by atoms with Crippen molar-refractivity contribution in [1.29, 1.82) is 0 Å². The number of esters is 1. The number of rotatable bonds is 7. The van der Waals surface area contributed by atoms with Crippen LogP contribution in [0.2, 0.25) is 0 Å². The number of aliphatic hydroxyl groups excluding tert-OH is 1. The third-order valence-corrected chi connectivity index (χ3v) is 5.11. The molecule has 3 amide bonds. The van der Waals surface area contributed by atoms with E-state index >= 15 is 0 Å². The molecule has 0 unspecified atom stereocenters. The van der Waals surface area contributed by atoms with Crippen LogP contribution in [0.25, 0.3) is 0 Å². The van der Waals surface area contributed by atoms with Gasteiger partial charge in [-0.3, -0.25) is 9.59 Å². The van der Waals surface area contributed by atoms with E-state index in [2.05, 4.69) is 16.0 Å². The Morgan fingerprint density at radius 1 is 1.21 bits per heavy atom. The molecule has 1 aromatic rings. The molecule has 10 heteroatoms. The van der Waals surface area contributed by atoms with Crippen LogP contribution in [0.5, 0.6) is 0 Å². The number of hydrogen-bond donors (Lipinski definition) is 4. The molecule has 0 fully saturated rings. The predicted molar refractivity (Wildman–Crippen MR) is 123 cm³/mol. The Hall–Kier alpha value is -3.40. The fourth-order valence-corrected chi connectivity index (χ4v) is 3.21. The molecule has 34 heavy (non-hydrogen) atoms. The lowest BCUT2D eigenvalue weighted by Gasteiger charge is -2.22. The highest BCUT2D eigenvalue weighted by Crippen LogP contribution is 2.13. The highest BCUT2D eigenvalue weighted by atomic mass is 16.6. The highest BCUT2D eigenvalue weighted by Gasteiger charge is 2.26. The normalized spacial score (nSPS) is 22.3. The monoisotopic (exact) mass is 475 g/mol. The van der Waals surface area contributed by atoms with Crippen molar-refractivity contribution >= 4 is 23.9 Å². The molecule has 0 radical (unpaired) electrons. The summed E-state index contributed by atoms with van der Waals surface area (Å²) in [5, 5.41) is 16.9. The molecule has 0 saturated carbocycles. The summed E-state index contributed by atoms with van der Waals surface area (Å²) >= 11 is 0. The van der Waals surface area contributed by atoms with E-state index in [-0.39, 0.29) is 50.8 Å². The molecule has 186 valence electrons. The number of alkyl carbamates (subject to hydrolysis) is 1. The van der Waals surface area contributed by atoms with Crippen LogP contribution in [0.1, 0.15) is 38.7 Å². The number of cyclic esters (lactones) is 1. The van der Waals surface area contributed by atoms with Crippen molar-refractivity contribution in [2.24, 2.45) is 5.92 Å². The Labute approximate surface area is 199 Å². The highest BCUT2D eigenvalue weighted by molar-refractivity contribution is 5.86. The molecule has 0 aromatic heterocycles. The summed E-state index contributed by atoms with van der Waals surface area (Å²) in [5.74, 6) is -1.95. The van der Waals surface area contributed by atoms with Gasteiger partial charge in [-0.2, -0.15) is 0 Å². The molecule has 1 heterocycles. The largest absolute Gasteiger partial charge is 0.459 e. The van der Waals surface area contributed by atoms with E-state index in [4.69, 9.17) is 14.6 Å². The first kappa shape index (κ1) is 26.8. The number of carbonyl (C=O) groups excluding carboxylic acids is 4. The van der Waals surface area contributed by atoms with Gasteiger partial charge >= 0.3 is 12.1 Å². The molecule has 1 aliphatic heterocycles. The van der Waals surface area contributed by atoms with Gasteiger partial charge in [0.25, 0.3) is 0 Å². The maximum absolute atomic E-state index is 12.6. The van der Waals surface area contributed by atoms with Crippen LogP contribution >= 0.6 is 0 Å². The van der Waals surface area contributed by atoms with Gasteiger partial charge in [-0.1, -0.05) is 42.5 Å². The number of aliphatic hydroxyl groups is 1. The Bertz CT molecular complexity index is 859. The molecular formula is C24H33N3O7. The number of hydrogen-bond acceptors (Lipinski definition) is 7. The minimum atomic E-state index is -0.968. The molecule has 4 atom stereocenters. The number of nitrogens with one attached hydrogen (secondary N) is 3. The van der Waals surface area contributed by atoms with Crippen LogP contribution < -0.4 is 16.0 Å². The van der Waals surface area contributed by atoms with Gasteiger partial charge in [0.2, 0.25) is 11.8 Å². The molecule has 4 N–H and O–H groups in total. The van der Waals surface area contributed by atoms with Crippen molar-refractivity contribution in [1.82, 2.24) is 16.0 Å². The van der Waals surface area contributed by atoms with Gasteiger partial charge in [0.05, 0.1) is 19.1 Å². The van der Waals surface area contributed by atoms with Gasteiger partial charge in [-0.15, -0.1) is 0 Å². The van der Waals surface area contributed by atoms with Crippen LogP contribution in [0.4, 0.5) is 4.79 Å². The van der Waals surface area contributed by atoms with E-state index in [0.717, 1.165) is 5.56 Å². The summed E-state index contributed by atoms with van der Waals surface area (Å²) in [6.45, 7) is 3.20. The lowest BCUT2D eigenvalue weighted by Crippen LogP contribution is -2.45. The second kappa shape index (κ2) is 14.0. The summed E-state index contributed by atoms with van der Waals surface area (Å²) in [4.78, 5) is 49.5. The van der Waals surface area contributed by atoms with Gasteiger partial charge in [0.15, 0.2) is 0 Å². The zero-order valence-electron chi connectivity index (χ0n) is 19.5. The second-order valence-electron chi connectivity index (χ2n) is 8.25. The third-order valence-electron chi connectivity index (χ3n) is 5.11. The molecule has 0 aliphatic carbocycles. The molecule has 10 nitrogen and oxygen atoms in total. The van der Waals surface area contributed by atoms with Gasteiger partial charge < -0.3 is 30.5 Å². The smallest absolute Gasteiger partial charge is 0.408 e. The number of carbonyl (C=O) groups is 4. The quantitative estimate of drug-likeness (QED) is 0.343. The number of amides is 3. The van der Waals surface area contributed by atoms with Crippen molar-refractivity contribution in [3.05, 3.63) is 48.0 Å². The maximum atomic E-state index is 12.6. The maximum Gasteiger partial charge on any atom is 0.408 e. The third kappa shape index (κ3) is 9.62. The van der Waals surface area contributed by atoms with Gasteiger partial charge in [-0.25, -0.2) is 9.59 Å². The van der Waals surface area contributed by atoms with E-state index in [9.17, 15) is 19.2 Å². The summed E-state index contributed by atoms with van der Waals surface area (Å²) < 4.78 is 10.6. The zero-order valence-corrected chi connectivity index (χ0v) is 19.5. The van der Waals surface area contributed by atoms with Gasteiger partial charge in [0, 0.05) is 12.5 Å². The molecule has 1 aliphatic rings. The van der Waals surface area contributed by atoms with Crippen LogP contribution in [-0.4, -0.2) is 60.3 Å². The summed E-state index contributed by atoms with van der Waals surface area (Å²) in [6.07, 6.45) is 2.30. The van der Waals surface area contributed by atoms with Gasteiger partial charge in [-0.05, 0) is 32.3 Å². The minimum Gasteiger partial charge on any atom is -0.459 e. The zero-order chi connectivity index (χ0) is 24.9. The van der Waals surface area contributed by atoms with Crippen LogP contribution in [0.3, 0.4) is 0 Å². The van der Waals surface area contributed by atoms with Crippen molar-refractivity contribution in [3.63, 3.8) is 0 Å². The molecule has 0 saturated heterocycles. The second-order valence-corrected chi connectivity index (χ2v) is 8.25. The van der Waals surface area contributed by atoms with Crippen LogP contribution in [0.15, 0.2) is 42.5 Å². The van der Waals surface area contributed by atoms with Crippen molar-refractivity contribution < 1.29 is 33.8 Å². The average molecular weight is 476 g/mol. The Morgan fingerprint density at radius 3 is 2.62 bits per heavy atom. The van der Waals surface area contributed by atoms with Crippen molar-refractivity contribution in [2.75, 3.05) is 13.2 Å². The van der Waals surface area contributed by atoms with Crippen LogP contribution in [0, 0.1) is 5.92 Å². The number of allylic oxidation sites excluding steroid dienone is 1. The minimum absolute atomic E-state index is 0.0534. The average Bonchev–Trinajstić information content (AvgIpc) is 2.82. The van der Waals surface area contributed by atoms with E-state index in [1.807, 2.05) is 30.3 Å². The van der Waals surface area contributed by atoms with Crippen molar-refractivity contribution in [2.45, 2.75) is 57.9 Å². The SMILES string of the molecule is C[C@@H](CO)NC(=O)C[C@H]1CC=CC[C@@H](NC(=O)OCc2ccccc2)C(=O)O[C@@H](C)CNC1=O. The first-order valence-electron chi connectivity index (χ1n) is 11.3. The molecular weight excluding hydrogens is 442 g/mol. The number of benzene rings is 1. The van der Waals surface area contributed by atoms with Crippen molar-refractivity contribution in [3.8, 4) is 0 Å². The Morgan fingerprint density at radius 2 is 1.91 bits per heavy atom. The molecule has 1 aromatic carbocycles. The summed E-state index contributed by atoms with van der Waals surface area (Å²) in [6, 6.07) is 7.77. The number of ether oxygens (including phenoxy) is 2. The molecule has 0 spiro atoms. The predicted octanol–water partition coefficient (Wildman–Crippen LogP) is 1.18. The van der Waals surface area contributed by atoms with Crippen LogP contribution in [-0.2, 0) is 30.5 Å². The topological polar surface area (TPSA) is 143 Å². The summed E-state index contributed by atoms with van der Waals surface area (Å²) in [5.41, 5.74) is 0.812. The Kier molecular flexibility index (Phi) is 11.0. The lowest BCUT2D eigenvalue weighted by molar-refractivity contribution is -0.151. The van der Waals surface area contributed by atoms with E-state index in [0.29, 0.717) is 0 Å². The molecule has 2 rings (SSSR count).